The number of nitrogens with one attached hydrogen (secondary N) is 1. The fourth-order valence-corrected chi connectivity index (χ4v) is 5.63. The first-order valence-electron chi connectivity index (χ1n) is 12.4. The lowest BCUT2D eigenvalue weighted by Gasteiger charge is -2.26. The molecule has 0 unspecified atom stereocenters. The summed E-state index contributed by atoms with van der Waals surface area (Å²) in [6.07, 6.45) is 5.02. The Hall–Kier alpha value is -2.64. The van der Waals surface area contributed by atoms with E-state index in [1.165, 1.54) is 12.8 Å². The Balaban J connectivity index is 1.67. The Morgan fingerprint density at radius 1 is 1.14 bits per heavy atom. The van der Waals surface area contributed by atoms with Gasteiger partial charge in [0.1, 0.15) is 5.82 Å². The van der Waals surface area contributed by atoms with E-state index in [0.29, 0.717) is 17.0 Å². The van der Waals surface area contributed by atoms with E-state index in [9.17, 15) is 14.7 Å². The molecular weight excluding hydrogens is 542 g/mol. The fourth-order valence-electron chi connectivity index (χ4n) is 4.98. The maximum atomic E-state index is 13.7. The smallest absolute Gasteiger partial charge is 0.303 e. The third-order valence-corrected chi connectivity index (χ3v) is 7.70. The number of fused-ring (bicyclic) bond motifs is 1. The number of carbonyl (C=O) groups excluding carboxylic acids is 1. The zero-order valence-corrected chi connectivity index (χ0v) is 22.7. The predicted molar refractivity (Wildman–Crippen MR) is 148 cm³/mol. The number of nitrogens with zero attached hydrogens (tertiary/aromatic N) is 2. The third kappa shape index (κ3) is 6.19. The molecule has 1 aromatic heterocycles. The van der Waals surface area contributed by atoms with Crippen LogP contribution in [0.15, 0.2) is 46.9 Å². The van der Waals surface area contributed by atoms with Crippen LogP contribution in [0.2, 0.25) is 5.02 Å². The van der Waals surface area contributed by atoms with Crippen molar-refractivity contribution in [2.45, 2.75) is 51.4 Å². The molecule has 8 heteroatoms. The molecule has 2 heterocycles. The van der Waals surface area contributed by atoms with E-state index in [4.69, 9.17) is 16.6 Å². The van der Waals surface area contributed by atoms with Crippen LogP contribution in [0.4, 0.5) is 5.82 Å². The van der Waals surface area contributed by atoms with Gasteiger partial charge in [-0.1, -0.05) is 58.6 Å². The molecule has 1 fully saturated rings. The van der Waals surface area contributed by atoms with Gasteiger partial charge in [-0.25, -0.2) is 4.98 Å². The molecule has 0 bridgehead atoms. The van der Waals surface area contributed by atoms with Gasteiger partial charge in [0.25, 0.3) is 5.91 Å². The van der Waals surface area contributed by atoms with Crippen LogP contribution in [0.3, 0.4) is 0 Å². The molecule has 190 valence electrons. The average molecular weight is 573 g/mol. The molecule has 1 aliphatic heterocycles. The second-order valence-electron chi connectivity index (χ2n) is 9.36. The topological polar surface area (TPSA) is 82.5 Å². The molecule has 0 spiro atoms. The Bertz CT molecular complexity index is 1260. The number of aromatic nitrogens is 1. The summed E-state index contributed by atoms with van der Waals surface area (Å²) < 4.78 is 0.878. The number of hydrogen-bond donors (Lipinski definition) is 2. The van der Waals surface area contributed by atoms with Crippen LogP contribution in [-0.4, -0.2) is 41.6 Å². The van der Waals surface area contributed by atoms with Gasteiger partial charge >= 0.3 is 5.97 Å². The summed E-state index contributed by atoms with van der Waals surface area (Å²) in [6.45, 7) is 4.12. The van der Waals surface area contributed by atoms with E-state index < -0.39 is 5.97 Å². The van der Waals surface area contributed by atoms with Crippen molar-refractivity contribution in [3.05, 3.63) is 68.7 Å². The van der Waals surface area contributed by atoms with Crippen LogP contribution in [0.5, 0.6) is 0 Å². The maximum Gasteiger partial charge on any atom is 0.303 e. The largest absolute Gasteiger partial charge is 0.481 e. The first-order valence-corrected chi connectivity index (χ1v) is 13.6. The van der Waals surface area contributed by atoms with Gasteiger partial charge in [0.2, 0.25) is 0 Å². The lowest BCUT2D eigenvalue weighted by atomic mass is 9.93. The number of aliphatic carboxylic acids is 1. The van der Waals surface area contributed by atoms with Gasteiger partial charge < -0.3 is 15.3 Å². The molecule has 1 amide bonds. The Kier molecular flexibility index (Phi) is 8.86. The molecule has 36 heavy (non-hydrogen) atoms. The highest BCUT2D eigenvalue weighted by atomic mass is 79.9. The number of carboxylic acids is 1. The summed E-state index contributed by atoms with van der Waals surface area (Å²) in [7, 11) is 0. The lowest BCUT2D eigenvalue weighted by Crippen LogP contribution is -2.31. The minimum Gasteiger partial charge on any atom is -0.481 e. The van der Waals surface area contributed by atoms with Crippen LogP contribution in [0, 0.1) is 6.92 Å². The van der Waals surface area contributed by atoms with E-state index >= 15 is 0 Å². The third-order valence-electron chi connectivity index (χ3n) is 6.86. The van der Waals surface area contributed by atoms with Crippen molar-refractivity contribution < 1.29 is 14.7 Å². The van der Waals surface area contributed by atoms with Crippen LogP contribution in [-0.2, 0) is 4.79 Å². The van der Waals surface area contributed by atoms with Gasteiger partial charge in [-0.15, -0.1) is 0 Å². The number of rotatable bonds is 8. The Morgan fingerprint density at radius 2 is 1.86 bits per heavy atom. The summed E-state index contributed by atoms with van der Waals surface area (Å²) in [5, 5.41) is 13.7. The highest BCUT2D eigenvalue weighted by Gasteiger charge is 2.24. The van der Waals surface area contributed by atoms with E-state index in [0.717, 1.165) is 58.3 Å². The van der Waals surface area contributed by atoms with Gasteiger partial charge in [0.15, 0.2) is 0 Å². The quantitative estimate of drug-likeness (QED) is 0.313. The molecule has 6 nitrogen and oxygen atoms in total. The van der Waals surface area contributed by atoms with Crippen molar-refractivity contribution in [2.75, 3.05) is 24.5 Å². The van der Waals surface area contributed by atoms with Crippen LogP contribution >= 0.6 is 27.5 Å². The monoisotopic (exact) mass is 571 g/mol. The highest BCUT2D eigenvalue weighted by molar-refractivity contribution is 9.10. The highest BCUT2D eigenvalue weighted by Crippen LogP contribution is 2.32. The first kappa shape index (κ1) is 26.4. The number of carboxylic acid groups (broad SMARTS) is 1. The Labute approximate surface area is 225 Å². The second kappa shape index (κ2) is 12.1. The van der Waals surface area contributed by atoms with Crippen LogP contribution in [0.1, 0.15) is 65.9 Å². The number of anilines is 1. The summed E-state index contributed by atoms with van der Waals surface area (Å²) in [5.41, 5.74) is 3.09. The summed E-state index contributed by atoms with van der Waals surface area (Å²) in [6, 6.07) is 13.2. The van der Waals surface area contributed by atoms with E-state index in [-0.39, 0.29) is 24.8 Å². The van der Waals surface area contributed by atoms with Gasteiger partial charge in [0, 0.05) is 52.4 Å². The van der Waals surface area contributed by atoms with Gasteiger partial charge in [0.05, 0.1) is 11.1 Å². The molecule has 1 atom stereocenters. The number of halogens is 2. The van der Waals surface area contributed by atoms with Crippen molar-refractivity contribution in [3.63, 3.8) is 0 Å². The Morgan fingerprint density at radius 3 is 2.56 bits per heavy atom. The molecule has 2 aromatic carbocycles. The van der Waals surface area contributed by atoms with Crippen molar-refractivity contribution in [1.29, 1.82) is 0 Å². The maximum absolute atomic E-state index is 13.7. The molecule has 0 aliphatic carbocycles. The van der Waals surface area contributed by atoms with E-state index in [1.54, 1.807) is 6.07 Å². The number of carbonyl (C=O) groups is 2. The first-order chi connectivity index (χ1) is 17.3. The number of hydrogen-bond acceptors (Lipinski definition) is 4. The van der Waals surface area contributed by atoms with Crippen molar-refractivity contribution >= 4 is 56.1 Å². The average Bonchev–Trinajstić information content (AvgIpc) is 3.13. The molecular formula is C28H31BrClN3O3. The van der Waals surface area contributed by atoms with Gasteiger partial charge in [-0.05, 0) is 56.0 Å². The van der Waals surface area contributed by atoms with Gasteiger partial charge in [-0.3, -0.25) is 9.59 Å². The van der Waals surface area contributed by atoms with E-state index in [2.05, 4.69) is 26.1 Å². The minimum atomic E-state index is -0.874. The number of benzene rings is 2. The molecule has 0 radical (unpaired) electrons. The lowest BCUT2D eigenvalue weighted by molar-refractivity contribution is -0.137. The van der Waals surface area contributed by atoms with Crippen LogP contribution < -0.4 is 10.2 Å². The summed E-state index contributed by atoms with van der Waals surface area (Å²) >= 11 is 9.97. The van der Waals surface area contributed by atoms with Crippen molar-refractivity contribution in [3.8, 4) is 0 Å². The zero-order chi connectivity index (χ0) is 25.7. The minimum absolute atomic E-state index is 0.00493. The van der Waals surface area contributed by atoms with Crippen molar-refractivity contribution in [2.24, 2.45) is 0 Å². The van der Waals surface area contributed by atoms with E-state index in [1.807, 2.05) is 43.3 Å². The predicted octanol–water partition coefficient (Wildman–Crippen LogP) is 6.72. The molecule has 1 saturated heterocycles. The molecule has 1 aliphatic rings. The summed E-state index contributed by atoms with van der Waals surface area (Å²) in [4.78, 5) is 32.3. The molecule has 2 N–H and O–H groups in total. The molecule has 0 saturated carbocycles. The fraction of sp³-hybridized carbons (Fsp3) is 0.393. The molecule has 4 rings (SSSR count). The normalized spacial score (nSPS) is 14.9. The second-order valence-corrected chi connectivity index (χ2v) is 10.7. The van der Waals surface area contributed by atoms with Crippen LogP contribution in [0.25, 0.3) is 10.9 Å². The standard InChI is InChI=1S/C28H31BrClN3O3/c1-18-26(28(36)31-17-19(10-13-25(34)35)21-8-4-5-9-23(21)30)22-16-20(29)11-12-24(22)32-27(18)33-14-6-2-3-7-15-33/h4-5,8-9,11-12,16,19H,2-3,6-7,10,13-15,17H2,1H3,(H,31,36)(H,34,35)/t19-/m1/s1. The van der Waals surface area contributed by atoms with Crippen molar-refractivity contribution in [1.82, 2.24) is 10.3 Å². The number of pyridine rings is 1. The zero-order valence-electron chi connectivity index (χ0n) is 20.4. The summed E-state index contributed by atoms with van der Waals surface area (Å²) in [5.74, 6) is -0.419. The van der Waals surface area contributed by atoms with Gasteiger partial charge in [-0.2, -0.15) is 0 Å². The number of amides is 1. The molecule has 3 aromatic rings. The SMILES string of the molecule is Cc1c(N2CCCCCC2)nc2ccc(Br)cc2c1C(=O)NC[C@@H](CCC(=O)O)c1ccccc1Cl.